The summed E-state index contributed by atoms with van der Waals surface area (Å²) in [7, 11) is -3.66. The van der Waals surface area contributed by atoms with Gasteiger partial charge in [-0.05, 0) is 41.8 Å². The fourth-order valence-corrected chi connectivity index (χ4v) is 3.77. The number of nitrogens with one attached hydrogen (secondary N) is 2. The third-order valence-electron chi connectivity index (χ3n) is 4.39. The summed E-state index contributed by atoms with van der Waals surface area (Å²) >= 11 is 0. The molecule has 2 N–H and O–H groups in total. The summed E-state index contributed by atoms with van der Waals surface area (Å²) in [6, 6.07) is 18.2. The van der Waals surface area contributed by atoms with E-state index in [2.05, 4.69) is 10.0 Å². The Morgan fingerprint density at radius 3 is 2.27 bits per heavy atom. The summed E-state index contributed by atoms with van der Waals surface area (Å²) in [5.74, 6) is -1.84. The van der Waals surface area contributed by atoms with E-state index in [1.54, 1.807) is 12.1 Å². The molecule has 3 rings (SSSR count). The lowest BCUT2D eigenvalue weighted by atomic mass is 10.1. The highest BCUT2D eigenvalue weighted by Gasteiger charge is 2.14. The van der Waals surface area contributed by atoms with Crippen molar-refractivity contribution in [3.8, 4) is 0 Å². The van der Waals surface area contributed by atoms with Crippen molar-refractivity contribution in [2.75, 3.05) is 5.32 Å². The first-order valence-electron chi connectivity index (χ1n) is 9.21. The van der Waals surface area contributed by atoms with Crippen LogP contribution in [0, 0.1) is 11.6 Å². The number of carbonyl (C=O) groups excluding carboxylic acids is 1. The molecule has 8 heteroatoms. The fourth-order valence-electron chi connectivity index (χ4n) is 2.76. The largest absolute Gasteiger partial charge is 0.324 e. The van der Waals surface area contributed by atoms with Gasteiger partial charge in [-0.1, -0.05) is 42.5 Å². The minimum Gasteiger partial charge on any atom is -0.324 e. The molecule has 0 fully saturated rings. The number of carbonyl (C=O) groups is 1. The molecule has 0 saturated heterocycles. The lowest BCUT2D eigenvalue weighted by Crippen LogP contribution is -2.23. The molecule has 156 valence electrons. The average Bonchev–Trinajstić information content (AvgIpc) is 2.74. The molecule has 0 radical (unpaired) electrons. The number of sulfonamides is 1. The lowest BCUT2D eigenvalue weighted by Gasteiger charge is -2.09. The van der Waals surface area contributed by atoms with E-state index in [0.717, 1.165) is 29.3 Å². The minimum absolute atomic E-state index is 0.0360. The van der Waals surface area contributed by atoms with Gasteiger partial charge in [-0.3, -0.25) is 4.79 Å². The summed E-state index contributed by atoms with van der Waals surface area (Å²) in [4.78, 5) is 12.1. The van der Waals surface area contributed by atoms with E-state index in [1.165, 1.54) is 12.1 Å². The molecule has 0 heterocycles. The van der Waals surface area contributed by atoms with Crippen molar-refractivity contribution in [1.29, 1.82) is 0 Å². The van der Waals surface area contributed by atoms with Gasteiger partial charge >= 0.3 is 0 Å². The molecule has 0 bridgehead atoms. The van der Waals surface area contributed by atoms with Crippen molar-refractivity contribution in [3.63, 3.8) is 0 Å². The van der Waals surface area contributed by atoms with Gasteiger partial charge < -0.3 is 5.32 Å². The van der Waals surface area contributed by atoms with E-state index < -0.39 is 27.6 Å². The van der Waals surface area contributed by atoms with Gasteiger partial charge in [0.05, 0.1) is 10.6 Å². The van der Waals surface area contributed by atoms with Crippen molar-refractivity contribution >= 4 is 21.6 Å². The summed E-state index contributed by atoms with van der Waals surface area (Å²) in [5, 5.41) is 2.33. The number of benzene rings is 3. The Kier molecular flexibility index (Phi) is 6.91. The van der Waals surface area contributed by atoms with E-state index in [1.807, 2.05) is 30.3 Å². The standard InChI is InChI=1S/C22H20F2N2O3S/c23-18-9-12-20(24)21(14-18)26-22(27)13-8-16-6-10-19(11-7-16)30(28,29)25-15-17-4-2-1-3-5-17/h1-7,9-12,14,25H,8,13,15H2,(H,26,27). The van der Waals surface area contributed by atoms with Crippen LogP contribution in [0.5, 0.6) is 0 Å². The molecule has 3 aromatic rings. The van der Waals surface area contributed by atoms with Crippen LogP contribution in [0.4, 0.5) is 14.5 Å². The Balaban J connectivity index is 1.55. The maximum absolute atomic E-state index is 13.6. The zero-order chi connectivity index (χ0) is 21.6. The molecule has 1 amide bonds. The van der Waals surface area contributed by atoms with Crippen molar-refractivity contribution in [1.82, 2.24) is 4.72 Å². The first-order chi connectivity index (χ1) is 14.3. The van der Waals surface area contributed by atoms with Gasteiger partial charge in [0, 0.05) is 19.0 Å². The first kappa shape index (κ1) is 21.6. The maximum Gasteiger partial charge on any atom is 0.240 e. The SMILES string of the molecule is O=C(CCc1ccc(S(=O)(=O)NCc2ccccc2)cc1)Nc1cc(F)ccc1F. The summed E-state index contributed by atoms with van der Waals surface area (Å²) in [6.45, 7) is 0.182. The first-order valence-corrected chi connectivity index (χ1v) is 10.7. The molecule has 0 aliphatic carbocycles. The molecule has 0 aromatic heterocycles. The molecule has 0 atom stereocenters. The molecule has 30 heavy (non-hydrogen) atoms. The molecule has 0 unspecified atom stereocenters. The zero-order valence-corrected chi connectivity index (χ0v) is 16.8. The van der Waals surface area contributed by atoms with Gasteiger partial charge in [-0.25, -0.2) is 21.9 Å². The van der Waals surface area contributed by atoms with Crippen LogP contribution in [-0.4, -0.2) is 14.3 Å². The predicted molar refractivity (Wildman–Crippen MR) is 110 cm³/mol. The highest BCUT2D eigenvalue weighted by molar-refractivity contribution is 7.89. The summed E-state index contributed by atoms with van der Waals surface area (Å²) < 4.78 is 54.1. The lowest BCUT2D eigenvalue weighted by molar-refractivity contribution is -0.116. The second-order valence-corrected chi connectivity index (χ2v) is 8.39. The number of hydrogen-bond donors (Lipinski definition) is 2. The molecule has 0 spiro atoms. The Labute approximate surface area is 173 Å². The Bertz CT molecular complexity index is 1120. The van der Waals surface area contributed by atoms with Gasteiger partial charge in [-0.15, -0.1) is 0 Å². The van der Waals surface area contributed by atoms with Crippen LogP contribution in [0.25, 0.3) is 0 Å². The number of rotatable bonds is 8. The van der Waals surface area contributed by atoms with E-state index in [9.17, 15) is 22.0 Å². The molecular weight excluding hydrogens is 410 g/mol. The number of amides is 1. The van der Waals surface area contributed by atoms with Crippen LogP contribution in [0.3, 0.4) is 0 Å². The highest BCUT2D eigenvalue weighted by Crippen LogP contribution is 2.17. The molecule has 0 aliphatic heterocycles. The van der Waals surface area contributed by atoms with Gasteiger partial charge in [0.2, 0.25) is 15.9 Å². The maximum atomic E-state index is 13.6. The topological polar surface area (TPSA) is 75.3 Å². The monoisotopic (exact) mass is 430 g/mol. The predicted octanol–water partition coefficient (Wildman–Crippen LogP) is 4.01. The zero-order valence-electron chi connectivity index (χ0n) is 15.9. The molecule has 0 aliphatic rings. The Hall–Kier alpha value is -3.10. The van der Waals surface area contributed by atoms with Gasteiger partial charge in [-0.2, -0.15) is 0 Å². The van der Waals surface area contributed by atoms with Crippen LogP contribution in [0.1, 0.15) is 17.5 Å². The smallest absolute Gasteiger partial charge is 0.240 e. The second-order valence-electron chi connectivity index (χ2n) is 6.63. The van der Waals surface area contributed by atoms with E-state index in [-0.39, 0.29) is 23.5 Å². The molecular formula is C22H20F2N2O3S. The third-order valence-corrected chi connectivity index (χ3v) is 5.80. The van der Waals surface area contributed by atoms with Crippen molar-refractivity contribution in [2.45, 2.75) is 24.3 Å². The highest BCUT2D eigenvalue weighted by atomic mass is 32.2. The Morgan fingerprint density at radius 1 is 0.867 bits per heavy atom. The van der Waals surface area contributed by atoms with Crippen molar-refractivity contribution in [2.24, 2.45) is 0 Å². The number of hydrogen-bond acceptors (Lipinski definition) is 3. The van der Waals surface area contributed by atoms with Gasteiger partial charge in [0.25, 0.3) is 0 Å². The molecule has 5 nitrogen and oxygen atoms in total. The number of aryl methyl sites for hydroxylation is 1. The quantitative estimate of drug-likeness (QED) is 0.567. The average molecular weight is 430 g/mol. The fraction of sp³-hybridized carbons (Fsp3) is 0.136. The summed E-state index contributed by atoms with van der Waals surface area (Å²) in [5.41, 5.74) is 1.37. The van der Waals surface area contributed by atoms with Gasteiger partial charge in [0.15, 0.2) is 0 Å². The van der Waals surface area contributed by atoms with Crippen LogP contribution in [0.15, 0.2) is 77.7 Å². The molecule has 3 aromatic carbocycles. The Morgan fingerprint density at radius 2 is 1.57 bits per heavy atom. The van der Waals surface area contributed by atoms with Crippen molar-refractivity contribution in [3.05, 3.63) is 95.6 Å². The van der Waals surface area contributed by atoms with Gasteiger partial charge in [0.1, 0.15) is 11.6 Å². The van der Waals surface area contributed by atoms with Crippen LogP contribution in [0.2, 0.25) is 0 Å². The number of halogens is 2. The van der Waals surface area contributed by atoms with Crippen LogP contribution < -0.4 is 10.0 Å². The van der Waals surface area contributed by atoms with Crippen LogP contribution in [-0.2, 0) is 27.8 Å². The van der Waals surface area contributed by atoms with E-state index in [4.69, 9.17) is 0 Å². The van der Waals surface area contributed by atoms with E-state index in [0.29, 0.717) is 6.42 Å². The van der Waals surface area contributed by atoms with E-state index >= 15 is 0 Å². The molecule has 0 saturated carbocycles. The van der Waals surface area contributed by atoms with Crippen molar-refractivity contribution < 1.29 is 22.0 Å². The summed E-state index contributed by atoms with van der Waals surface area (Å²) in [6.07, 6.45) is 0.356. The third kappa shape index (κ3) is 5.95. The normalized spacial score (nSPS) is 11.3. The van der Waals surface area contributed by atoms with Crippen LogP contribution >= 0.6 is 0 Å². The number of anilines is 1. The minimum atomic E-state index is -3.66. The second kappa shape index (κ2) is 9.60.